The maximum absolute atomic E-state index is 13.2. The van der Waals surface area contributed by atoms with Crippen LogP contribution in [0.25, 0.3) is 10.9 Å². The van der Waals surface area contributed by atoms with Gasteiger partial charge in [-0.3, -0.25) is 14.6 Å². The minimum Gasteiger partial charge on any atom is -0.494 e. The summed E-state index contributed by atoms with van der Waals surface area (Å²) in [6.07, 6.45) is 3.25. The zero-order valence-corrected chi connectivity index (χ0v) is 22.5. The topological polar surface area (TPSA) is 140 Å². The fourth-order valence-corrected chi connectivity index (χ4v) is 4.93. The molecule has 42 heavy (non-hydrogen) atoms. The van der Waals surface area contributed by atoms with Crippen LogP contribution in [-0.2, 0) is 4.79 Å². The van der Waals surface area contributed by atoms with Gasteiger partial charge in [0.15, 0.2) is 5.88 Å². The van der Waals surface area contributed by atoms with E-state index in [0.29, 0.717) is 44.7 Å². The zero-order chi connectivity index (χ0) is 29.2. The highest BCUT2D eigenvalue weighted by atomic mass is 16.3. The third kappa shape index (κ3) is 5.08. The molecule has 0 aliphatic carbocycles. The third-order valence-electron chi connectivity index (χ3n) is 7.07. The van der Waals surface area contributed by atoms with Crippen LogP contribution in [0.3, 0.4) is 0 Å². The van der Waals surface area contributed by atoms with Crippen LogP contribution in [0.15, 0.2) is 102 Å². The highest BCUT2D eigenvalue weighted by Crippen LogP contribution is 2.33. The molecule has 3 heterocycles. The van der Waals surface area contributed by atoms with Gasteiger partial charge < -0.3 is 20.7 Å². The van der Waals surface area contributed by atoms with E-state index in [9.17, 15) is 19.5 Å². The Balaban J connectivity index is 1.39. The molecule has 0 spiro atoms. The van der Waals surface area contributed by atoms with Crippen molar-refractivity contribution in [1.82, 2.24) is 20.6 Å². The summed E-state index contributed by atoms with van der Waals surface area (Å²) in [7, 11) is 0. The lowest BCUT2D eigenvalue weighted by Crippen LogP contribution is -2.30. The Kier molecular flexibility index (Phi) is 6.93. The number of aromatic nitrogens is 2. The van der Waals surface area contributed by atoms with E-state index < -0.39 is 6.03 Å². The van der Waals surface area contributed by atoms with Crippen LogP contribution < -0.4 is 15.5 Å². The maximum atomic E-state index is 13.2. The first-order valence-corrected chi connectivity index (χ1v) is 13.3. The number of benzene rings is 3. The van der Waals surface area contributed by atoms with Crippen molar-refractivity contribution in [3.63, 3.8) is 0 Å². The summed E-state index contributed by atoms with van der Waals surface area (Å²) in [5.41, 5.74) is 4.54. The van der Waals surface area contributed by atoms with Crippen LogP contribution in [0, 0.1) is 0 Å². The molecule has 10 nitrogen and oxygen atoms in total. The van der Waals surface area contributed by atoms with Crippen molar-refractivity contribution in [1.29, 1.82) is 0 Å². The fourth-order valence-electron chi connectivity index (χ4n) is 4.93. The number of pyridine rings is 1. The van der Waals surface area contributed by atoms with Gasteiger partial charge in [-0.25, -0.2) is 14.7 Å². The number of aromatic hydroxyl groups is 1. The average molecular weight is 559 g/mol. The minimum atomic E-state index is -0.476. The minimum absolute atomic E-state index is 0.0457. The van der Waals surface area contributed by atoms with Crippen molar-refractivity contribution < 1.29 is 19.5 Å². The monoisotopic (exact) mass is 558 g/mol. The summed E-state index contributed by atoms with van der Waals surface area (Å²) in [6.45, 7) is 1.88. The lowest BCUT2D eigenvalue weighted by atomic mass is 10.00. The molecular weight excluding hydrogens is 532 g/mol. The second-order valence-electron chi connectivity index (χ2n) is 9.82. The number of aromatic amines is 1. The van der Waals surface area contributed by atoms with E-state index in [1.54, 1.807) is 67.0 Å². The molecule has 208 valence electrons. The Bertz CT molecular complexity index is 1820. The van der Waals surface area contributed by atoms with Crippen molar-refractivity contribution in [2.75, 3.05) is 11.4 Å². The molecule has 2 aromatic heterocycles. The number of amides is 4. The summed E-state index contributed by atoms with van der Waals surface area (Å²) in [5, 5.41) is 17.2. The second-order valence-corrected chi connectivity index (χ2v) is 9.82. The normalized spacial score (nSPS) is 14.2. The van der Waals surface area contributed by atoms with Gasteiger partial charge in [0.05, 0.1) is 35.2 Å². The van der Waals surface area contributed by atoms with Gasteiger partial charge in [0.2, 0.25) is 0 Å². The third-order valence-corrected chi connectivity index (χ3v) is 7.07. The Hall–Kier alpha value is -5.77. The first-order chi connectivity index (χ1) is 20.4. The molecule has 0 unspecified atom stereocenters. The standard InChI is InChI=1S/C32H26N6O4/c1-19(20-5-3-2-4-6-20)35-30(40)22-7-12-26-25(17-22)28(31(41)37-26)29(21-13-15-33-16-14-21)36-23-8-10-24(11-9-23)38-27(39)18-34-32(38)42/h2-17,19,37,41H,18H2,1H3,(H,34,42)(H,35,40)/t19-/m1/s1. The summed E-state index contributed by atoms with van der Waals surface area (Å²) in [4.78, 5) is 50.4. The van der Waals surface area contributed by atoms with E-state index in [1.807, 2.05) is 37.3 Å². The van der Waals surface area contributed by atoms with Crippen molar-refractivity contribution in [2.24, 2.45) is 4.99 Å². The number of carbonyl (C=O) groups excluding carboxylic acids is 3. The molecule has 6 rings (SSSR count). The number of nitrogens with one attached hydrogen (secondary N) is 3. The molecule has 0 saturated carbocycles. The van der Waals surface area contributed by atoms with E-state index in [2.05, 4.69) is 20.6 Å². The highest BCUT2D eigenvalue weighted by molar-refractivity contribution is 6.22. The molecule has 1 atom stereocenters. The van der Waals surface area contributed by atoms with Crippen LogP contribution in [0.2, 0.25) is 0 Å². The number of hydrogen-bond acceptors (Lipinski definition) is 6. The van der Waals surface area contributed by atoms with Gasteiger partial charge in [0.1, 0.15) is 0 Å². The number of fused-ring (bicyclic) bond motifs is 1. The van der Waals surface area contributed by atoms with Gasteiger partial charge in [-0.2, -0.15) is 0 Å². The fraction of sp³-hybridized carbons (Fsp3) is 0.0938. The van der Waals surface area contributed by atoms with Crippen molar-refractivity contribution in [3.05, 3.63) is 120 Å². The quantitative estimate of drug-likeness (QED) is 0.165. The first-order valence-electron chi connectivity index (χ1n) is 13.3. The predicted molar refractivity (Wildman–Crippen MR) is 159 cm³/mol. The first kappa shape index (κ1) is 26.5. The second kappa shape index (κ2) is 11.0. The number of imide groups is 1. The Morgan fingerprint density at radius 3 is 2.40 bits per heavy atom. The number of anilines is 1. The van der Waals surface area contributed by atoms with E-state index in [1.165, 1.54) is 0 Å². The molecule has 1 aliphatic rings. The summed E-state index contributed by atoms with van der Waals surface area (Å²) < 4.78 is 0. The number of rotatable bonds is 7. The zero-order valence-electron chi connectivity index (χ0n) is 22.5. The van der Waals surface area contributed by atoms with E-state index in [0.717, 1.165) is 10.5 Å². The molecular formula is C32H26N6O4. The van der Waals surface area contributed by atoms with Crippen LogP contribution in [-0.4, -0.2) is 45.2 Å². The van der Waals surface area contributed by atoms with Gasteiger partial charge in [0, 0.05) is 34.4 Å². The van der Waals surface area contributed by atoms with E-state index in [-0.39, 0.29) is 30.3 Å². The number of carbonyl (C=O) groups is 3. The largest absolute Gasteiger partial charge is 0.494 e. The van der Waals surface area contributed by atoms with Gasteiger partial charge in [-0.1, -0.05) is 30.3 Å². The van der Waals surface area contributed by atoms with Gasteiger partial charge in [-0.05, 0) is 67.1 Å². The molecule has 0 radical (unpaired) electrons. The number of nitrogens with zero attached hydrogens (tertiary/aromatic N) is 3. The number of urea groups is 1. The van der Waals surface area contributed by atoms with Crippen molar-refractivity contribution >= 4 is 45.8 Å². The van der Waals surface area contributed by atoms with E-state index >= 15 is 0 Å². The Morgan fingerprint density at radius 2 is 1.71 bits per heavy atom. The predicted octanol–water partition coefficient (Wildman–Crippen LogP) is 4.98. The van der Waals surface area contributed by atoms with Crippen molar-refractivity contribution in [3.8, 4) is 5.88 Å². The van der Waals surface area contributed by atoms with E-state index in [4.69, 9.17) is 4.99 Å². The van der Waals surface area contributed by atoms with Crippen LogP contribution in [0.5, 0.6) is 5.88 Å². The van der Waals surface area contributed by atoms with Gasteiger partial charge >= 0.3 is 6.03 Å². The molecule has 0 bridgehead atoms. The average Bonchev–Trinajstić information content (AvgIpc) is 3.53. The molecule has 10 heteroatoms. The Labute approximate surface area is 240 Å². The van der Waals surface area contributed by atoms with Gasteiger partial charge in [0.25, 0.3) is 11.8 Å². The molecule has 1 saturated heterocycles. The molecule has 3 aromatic carbocycles. The van der Waals surface area contributed by atoms with Crippen LogP contribution >= 0.6 is 0 Å². The number of aliphatic imine (C=N–C) groups is 1. The summed E-state index contributed by atoms with van der Waals surface area (Å²) in [6, 6.07) is 24.4. The summed E-state index contributed by atoms with van der Waals surface area (Å²) in [5.74, 6) is -0.694. The smallest absolute Gasteiger partial charge is 0.329 e. The number of H-pyrrole nitrogens is 1. The van der Waals surface area contributed by atoms with Crippen LogP contribution in [0.1, 0.15) is 40.0 Å². The maximum Gasteiger partial charge on any atom is 0.329 e. The lowest BCUT2D eigenvalue weighted by molar-refractivity contribution is -0.115. The molecule has 4 N–H and O–H groups in total. The Morgan fingerprint density at radius 1 is 0.976 bits per heavy atom. The van der Waals surface area contributed by atoms with Crippen LogP contribution in [0.4, 0.5) is 16.2 Å². The molecule has 5 aromatic rings. The molecule has 1 aliphatic heterocycles. The molecule has 1 fully saturated rings. The highest BCUT2D eigenvalue weighted by Gasteiger charge is 2.30. The summed E-state index contributed by atoms with van der Waals surface area (Å²) >= 11 is 0. The van der Waals surface area contributed by atoms with Crippen molar-refractivity contribution in [2.45, 2.75) is 13.0 Å². The molecule has 4 amide bonds. The van der Waals surface area contributed by atoms with Gasteiger partial charge in [-0.15, -0.1) is 0 Å². The number of hydrogen-bond donors (Lipinski definition) is 4. The lowest BCUT2D eigenvalue weighted by Gasteiger charge is -2.14. The SMILES string of the molecule is C[C@@H](NC(=O)c1ccc2[nH]c(O)c(C(=Nc3ccc(N4C(=O)CNC4=O)cc3)c3ccncc3)c2c1)c1ccccc1.